The molecular weight excluding hydrogens is 378 g/mol. The van der Waals surface area contributed by atoms with Crippen LogP contribution in [0.4, 0.5) is 0 Å². The fraction of sp³-hybridized carbons (Fsp3) is 0.280. The highest BCUT2D eigenvalue weighted by atomic mass is 32.2. The predicted octanol–water partition coefficient (Wildman–Crippen LogP) is 5.39. The van der Waals surface area contributed by atoms with Gasteiger partial charge in [0.1, 0.15) is 0 Å². The smallest absolute Gasteiger partial charge is 0.207 e. The van der Waals surface area contributed by atoms with Crippen molar-refractivity contribution in [1.82, 2.24) is 4.31 Å². The minimum absolute atomic E-state index is 0.400. The minimum Gasteiger partial charge on any atom is -0.207 e. The zero-order valence-electron chi connectivity index (χ0n) is 16.6. The third-order valence-corrected chi connectivity index (χ3v) is 7.77. The summed E-state index contributed by atoms with van der Waals surface area (Å²) in [5.74, 6) is 0.589. The second kappa shape index (κ2) is 8.93. The Morgan fingerprint density at radius 2 is 1.28 bits per heavy atom. The molecule has 1 heterocycles. The first-order valence-electron chi connectivity index (χ1n) is 10.3. The standard InChI is InChI=1S/C25H27NO2S/c27-29(28,25-9-5-2-6-10-25)26-19-17-22(18-20-26)12-11-21-13-15-24(16-14-21)23-7-3-1-4-8-23/h1-10,13-16,22H,11-12,17-20H2. The Morgan fingerprint density at radius 1 is 0.724 bits per heavy atom. The van der Waals surface area contributed by atoms with Crippen LogP contribution < -0.4 is 0 Å². The van der Waals surface area contributed by atoms with Crippen molar-refractivity contribution in [2.75, 3.05) is 13.1 Å². The van der Waals surface area contributed by atoms with Gasteiger partial charge in [0.2, 0.25) is 10.0 Å². The van der Waals surface area contributed by atoms with Crippen LogP contribution >= 0.6 is 0 Å². The number of benzene rings is 3. The maximum atomic E-state index is 12.7. The van der Waals surface area contributed by atoms with Gasteiger partial charge in [-0.05, 0) is 60.4 Å². The Bertz CT molecular complexity index is 1010. The lowest BCUT2D eigenvalue weighted by atomic mass is 9.91. The van der Waals surface area contributed by atoms with E-state index in [4.69, 9.17) is 0 Å². The maximum absolute atomic E-state index is 12.7. The molecule has 0 N–H and O–H groups in total. The SMILES string of the molecule is O=S(=O)(c1ccccc1)N1CCC(CCc2ccc(-c3ccccc3)cc2)CC1. The van der Waals surface area contributed by atoms with Gasteiger partial charge in [-0.3, -0.25) is 0 Å². The average molecular weight is 406 g/mol. The Balaban J connectivity index is 1.29. The van der Waals surface area contributed by atoms with Crippen LogP contribution in [0.2, 0.25) is 0 Å². The van der Waals surface area contributed by atoms with Crippen LogP contribution in [0.5, 0.6) is 0 Å². The lowest BCUT2D eigenvalue weighted by Gasteiger charge is -2.31. The van der Waals surface area contributed by atoms with E-state index < -0.39 is 10.0 Å². The van der Waals surface area contributed by atoms with Gasteiger partial charge in [-0.15, -0.1) is 0 Å². The number of hydrogen-bond acceptors (Lipinski definition) is 2. The zero-order chi connectivity index (χ0) is 20.1. The second-order valence-corrected chi connectivity index (χ2v) is 9.70. The van der Waals surface area contributed by atoms with Crippen LogP contribution in [-0.2, 0) is 16.4 Å². The molecule has 1 aliphatic heterocycles. The molecule has 0 spiro atoms. The summed E-state index contributed by atoms with van der Waals surface area (Å²) >= 11 is 0. The third-order valence-electron chi connectivity index (χ3n) is 5.86. The highest BCUT2D eigenvalue weighted by Crippen LogP contribution is 2.27. The average Bonchev–Trinajstić information content (AvgIpc) is 2.79. The van der Waals surface area contributed by atoms with Crippen molar-refractivity contribution in [3.8, 4) is 11.1 Å². The van der Waals surface area contributed by atoms with Crippen LogP contribution in [0.3, 0.4) is 0 Å². The number of rotatable bonds is 6. The van der Waals surface area contributed by atoms with Crippen LogP contribution in [0.15, 0.2) is 89.8 Å². The van der Waals surface area contributed by atoms with Crippen LogP contribution in [0.1, 0.15) is 24.8 Å². The monoisotopic (exact) mass is 405 g/mol. The van der Waals surface area contributed by atoms with E-state index in [9.17, 15) is 8.42 Å². The van der Waals surface area contributed by atoms with Crippen molar-refractivity contribution in [3.05, 3.63) is 90.5 Å². The van der Waals surface area contributed by atoms with Crippen molar-refractivity contribution in [1.29, 1.82) is 0 Å². The van der Waals surface area contributed by atoms with Crippen molar-refractivity contribution in [2.24, 2.45) is 5.92 Å². The van der Waals surface area contributed by atoms with Crippen LogP contribution in [0, 0.1) is 5.92 Å². The summed E-state index contributed by atoms with van der Waals surface area (Å²) < 4.78 is 27.1. The van der Waals surface area contributed by atoms with E-state index in [0.717, 1.165) is 25.7 Å². The van der Waals surface area contributed by atoms with Gasteiger partial charge < -0.3 is 0 Å². The molecule has 3 aromatic carbocycles. The molecule has 0 aliphatic carbocycles. The molecule has 1 fully saturated rings. The summed E-state index contributed by atoms with van der Waals surface area (Å²) in [6, 6.07) is 28.0. The zero-order valence-corrected chi connectivity index (χ0v) is 17.4. The lowest BCUT2D eigenvalue weighted by Crippen LogP contribution is -2.38. The van der Waals surface area contributed by atoms with Crippen LogP contribution in [0.25, 0.3) is 11.1 Å². The number of hydrogen-bond donors (Lipinski definition) is 0. The van der Waals surface area contributed by atoms with E-state index in [1.807, 2.05) is 12.1 Å². The number of sulfonamides is 1. The molecule has 0 radical (unpaired) electrons. The molecule has 0 unspecified atom stereocenters. The molecule has 0 amide bonds. The highest BCUT2D eigenvalue weighted by molar-refractivity contribution is 7.89. The van der Waals surface area contributed by atoms with Crippen molar-refractivity contribution >= 4 is 10.0 Å². The van der Waals surface area contributed by atoms with Gasteiger partial charge in [0, 0.05) is 13.1 Å². The fourth-order valence-electron chi connectivity index (χ4n) is 4.05. The molecular formula is C25H27NO2S. The van der Waals surface area contributed by atoms with Gasteiger partial charge in [0.25, 0.3) is 0 Å². The Morgan fingerprint density at radius 3 is 1.90 bits per heavy atom. The second-order valence-electron chi connectivity index (χ2n) is 7.76. The molecule has 0 saturated carbocycles. The first-order valence-corrected chi connectivity index (χ1v) is 11.8. The molecule has 0 bridgehead atoms. The van der Waals surface area contributed by atoms with E-state index in [2.05, 4.69) is 48.5 Å². The van der Waals surface area contributed by atoms with Gasteiger partial charge in [-0.1, -0.05) is 72.8 Å². The molecule has 1 aliphatic rings. The predicted molar refractivity (Wildman–Crippen MR) is 118 cm³/mol. The summed E-state index contributed by atoms with van der Waals surface area (Å²) in [4.78, 5) is 0.400. The van der Waals surface area contributed by atoms with E-state index in [1.165, 1.54) is 16.7 Å². The molecule has 150 valence electrons. The maximum Gasteiger partial charge on any atom is 0.243 e. The molecule has 4 heteroatoms. The van der Waals surface area contributed by atoms with E-state index >= 15 is 0 Å². The quantitative estimate of drug-likeness (QED) is 0.552. The molecule has 0 aromatic heterocycles. The molecule has 3 aromatic rings. The normalized spacial score (nSPS) is 16.0. The van der Waals surface area contributed by atoms with E-state index in [0.29, 0.717) is 23.9 Å². The largest absolute Gasteiger partial charge is 0.243 e. The van der Waals surface area contributed by atoms with Gasteiger partial charge in [-0.2, -0.15) is 4.31 Å². The number of piperidine rings is 1. The minimum atomic E-state index is -3.35. The molecule has 1 saturated heterocycles. The fourth-order valence-corrected chi connectivity index (χ4v) is 5.54. The summed E-state index contributed by atoms with van der Waals surface area (Å²) in [6.45, 7) is 1.24. The third kappa shape index (κ3) is 4.77. The van der Waals surface area contributed by atoms with E-state index in [1.54, 1.807) is 28.6 Å². The molecule has 29 heavy (non-hydrogen) atoms. The topological polar surface area (TPSA) is 37.4 Å². The van der Waals surface area contributed by atoms with Gasteiger partial charge in [0.05, 0.1) is 4.90 Å². The summed E-state index contributed by atoms with van der Waals surface area (Å²) in [5.41, 5.74) is 3.84. The Hall–Kier alpha value is -2.43. The number of aryl methyl sites for hydroxylation is 1. The number of nitrogens with zero attached hydrogens (tertiary/aromatic N) is 1. The Labute approximate surface area is 174 Å². The van der Waals surface area contributed by atoms with Crippen molar-refractivity contribution in [3.63, 3.8) is 0 Å². The molecule has 4 rings (SSSR count). The summed E-state index contributed by atoms with van der Waals surface area (Å²) in [5, 5.41) is 0. The first kappa shape index (κ1) is 19.9. The summed E-state index contributed by atoms with van der Waals surface area (Å²) in [6.07, 6.45) is 4.04. The first-order chi connectivity index (χ1) is 14.1. The van der Waals surface area contributed by atoms with Crippen LogP contribution in [-0.4, -0.2) is 25.8 Å². The summed E-state index contributed by atoms with van der Waals surface area (Å²) in [7, 11) is -3.35. The van der Waals surface area contributed by atoms with Crippen molar-refractivity contribution in [2.45, 2.75) is 30.6 Å². The lowest BCUT2D eigenvalue weighted by molar-refractivity contribution is 0.263. The Kier molecular flexibility index (Phi) is 6.12. The van der Waals surface area contributed by atoms with E-state index in [-0.39, 0.29) is 0 Å². The molecule has 0 atom stereocenters. The van der Waals surface area contributed by atoms with Gasteiger partial charge in [0.15, 0.2) is 0 Å². The highest BCUT2D eigenvalue weighted by Gasteiger charge is 2.28. The van der Waals surface area contributed by atoms with Gasteiger partial charge in [-0.25, -0.2) is 8.42 Å². The molecule has 3 nitrogen and oxygen atoms in total. The van der Waals surface area contributed by atoms with Gasteiger partial charge >= 0.3 is 0 Å². The van der Waals surface area contributed by atoms with Crippen molar-refractivity contribution < 1.29 is 8.42 Å².